The Hall–Kier alpha value is -2.70. The fraction of sp³-hybridized carbons (Fsp3) is 0.0588. The van der Waals surface area contributed by atoms with E-state index in [1.54, 1.807) is 37.5 Å². The second kappa shape index (κ2) is 7.46. The van der Waals surface area contributed by atoms with Crippen LogP contribution in [0.25, 0.3) is 11.3 Å². The quantitative estimate of drug-likeness (QED) is 0.513. The first-order valence-electron chi connectivity index (χ1n) is 7.41. The highest BCUT2D eigenvalue weighted by molar-refractivity contribution is 6.42. The molecule has 0 aliphatic rings. The number of nitrogens with zero attached hydrogens (tertiary/aromatic N) is 1. The first-order valence-corrected chi connectivity index (χ1v) is 8.17. The maximum atomic E-state index is 12.1. The number of urea groups is 1. The van der Waals surface area contributed by atoms with E-state index in [0.29, 0.717) is 27.4 Å². The predicted octanol–water partition coefficient (Wildman–Crippen LogP) is 5.07. The number of hydrogen-bond acceptors (Lipinski definition) is 3. The van der Waals surface area contributed by atoms with Gasteiger partial charge in [-0.15, -0.1) is 0 Å². The number of aromatic amines is 1. The second-order valence-corrected chi connectivity index (χ2v) is 6.00. The van der Waals surface area contributed by atoms with Gasteiger partial charge < -0.3 is 20.9 Å². The Morgan fingerprint density at radius 3 is 2.48 bits per heavy atom. The lowest BCUT2D eigenvalue weighted by Gasteiger charge is -2.09. The van der Waals surface area contributed by atoms with Crippen molar-refractivity contribution in [1.82, 2.24) is 9.97 Å². The fourth-order valence-electron chi connectivity index (χ4n) is 2.23. The van der Waals surface area contributed by atoms with Crippen molar-refractivity contribution in [2.75, 3.05) is 23.0 Å². The standard InChI is InChI=1S/C17H15Cl2N5O/c1-20-16-21-9-15(24-16)10-3-2-4-11(7-10)22-17(25)23-12-5-6-13(18)14(19)8-12/h2-9H,1H3,(H2,20,21,24)(H2,22,23,25). The van der Waals surface area contributed by atoms with Gasteiger partial charge in [0.15, 0.2) is 5.95 Å². The molecule has 6 nitrogen and oxygen atoms in total. The Bertz CT molecular complexity index is 910. The van der Waals surface area contributed by atoms with E-state index in [1.165, 1.54) is 0 Å². The van der Waals surface area contributed by atoms with Gasteiger partial charge in [-0.2, -0.15) is 0 Å². The van der Waals surface area contributed by atoms with E-state index in [4.69, 9.17) is 23.2 Å². The molecule has 3 rings (SSSR count). The van der Waals surface area contributed by atoms with E-state index in [1.807, 2.05) is 18.2 Å². The molecule has 0 unspecified atom stereocenters. The maximum absolute atomic E-state index is 12.1. The van der Waals surface area contributed by atoms with E-state index < -0.39 is 0 Å². The third-order valence-electron chi connectivity index (χ3n) is 3.42. The van der Waals surface area contributed by atoms with Gasteiger partial charge >= 0.3 is 6.03 Å². The molecule has 0 fully saturated rings. The van der Waals surface area contributed by atoms with Crippen molar-refractivity contribution in [2.45, 2.75) is 0 Å². The Kier molecular flexibility index (Phi) is 5.11. The van der Waals surface area contributed by atoms with Crippen LogP contribution in [0.2, 0.25) is 10.0 Å². The predicted molar refractivity (Wildman–Crippen MR) is 103 cm³/mol. The fourth-order valence-corrected chi connectivity index (χ4v) is 2.52. The minimum Gasteiger partial charge on any atom is -0.359 e. The van der Waals surface area contributed by atoms with Crippen LogP contribution in [0.1, 0.15) is 0 Å². The van der Waals surface area contributed by atoms with Crippen LogP contribution in [0, 0.1) is 0 Å². The van der Waals surface area contributed by atoms with Crippen molar-refractivity contribution in [2.24, 2.45) is 0 Å². The Balaban J connectivity index is 1.70. The zero-order chi connectivity index (χ0) is 17.8. The summed E-state index contributed by atoms with van der Waals surface area (Å²) in [5.41, 5.74) is 2.95. The number of amides is 2. The monoisotopic (exact) mass is 375 g/mol. The van der Waals surface area contributed by atoms with Crippen LogP contribution in [0.15, 0.2) is 48.7 Å². The van der Waals surface area contributed by atoms with Crippen LogP contribution in [-0.4, -0.2) is 23.0 Å². The molecule has 0 saturated carbocycles. The maximum Gasteiger partial charge on any atom is 0.323 e. The number of rotatable bonds is 4. The molecule has 0 saturated heterocycles. The molecule has 128 valence electrons. The summed E-state index contributed by atoms with van der Waals surface area (Å²) in [6, 6.07) is 11.9. The van der Waals surface area contributed by atoms with Crippen molar-refractivity contribution in [3.8, 4) is 11.3 Å². The van der Waals surface area contributed by atoms with Crippen molar-refractivity contribution < 1.29 is 4.79 Å². The topological polar surface area (TPSA) is 81.8 Å². The number of benzene rings is 2. The number of imidazole rings is 1. The summed E-state index contributed by atoms with van der Waals surface area (Å²) in [6.07, 6.45) is 1.72. The van der Waals surface area contributed by atoms with Crippen LogP contribution in [-0.2, 0) is 0 Å². The molecule has 0 aliphatic heterocycles. The molecule has 1 aromatic heterocycles. The summed E-state index contributed by atoms with van der Waals surface area (Å²) in [5, 5.41) is 9.23. The van der Waals surface area contributed by atoms with Crippen molar-refractivity contribution in [3.05, 3.63) is 58.7 Å². The first-order chi connectivity index (χ1) is 12.0. The van der Waals surface area contributed by atoms with Gasteiger partial charge in [0.25, 0.3) is 0 Å². The lowest BCUT2D eigenvalue weighted by atomic mass is 10.1. The van der Waals surface area contributed by atoms with Gasteiger partial charge in [0.2, 0.25) is 0 Å². The number of H-pyrrole nitrogens is 1. The van der Waals surface area contributed by atoms with E-state index >= 15 is 0 Å². The van der Waals surface area contributed by atoms with E-state index in [-0.39, 0.29) is 6.03 Å². The van der Waals surface area contributed by atoms with Gasteiger partial charge in [0.05, 0.1) is 21.9 Å². The summed E-state index contributed by atoms with van der Waals surface area (Å²) in [7, 11) is 1.79. The van der Waals surface area contributed by atoms with E-state index in [2.05, 4.69) is 25.9 Å². The lowest BCUT2D eigenvalue weighted by molar-refractivity contribution is 0.262. The smallest absolute Gasteiger partial charge is 0.323 e. The molecule has 4 N–H and O–H groups in total. The Morgan fingerprint density at radius 1 is 1.04 bits per heavy atom. The van der Waals surface area contributed by atoms with Gasteiger partial charge in [0.1, 0.15) is 0 Å². The molecule has 0 bridgehead atoms. The van der Waals surface area contributed by atoms with Crippen LogP contribution in [0.4, 0.5) is 22.1 Å². The van der Waals surface area contributed by atoms with Gasteiger partial charge in [-0.3, -0.25) is 0 Å². The van der Waals surface area contributed by atoms with Crippen molar-refractivity contribution >= 4 is 46.6 Å². The highest BCUT2D eigenvalue weighted by Crippen LogP contribution is 2.25. The van der Waals surface area contributed by atoms with Crippen molar-refractivity contribution in [1.29, 1.82) is 0 Å². The number of carbonyl (C=O) groups excluding carboxylic acids is 1. The highest BCUT2D eigenvalue weighted by atomic mass is 35.5. The Morgan fingerprint density at radius 2 is 1.80 bits per heavy atom. The molecule has 3 aromatic rings. The SMILES string of the molecule is CNc1ncc(-c2cccc(NC(=O)Nc3ccc(Cl)c(Cl)c3)c2)[nH]1. The minimum atomic E-state index is -0.379. The zero-order valence-corrected chi connectivity index (χ0v) is 14.7. The van der Waals surface area contributed by atoms with Crippen LogP contribution in [0.3, 0.4) is 0 Å². The molecular formula is C17H15Cl2N5O. The van der Waals surface area contributed by atoms with Gasteiger partial charge in [-0.05, 0) is 30.3 Å². The third kappa shape index (κ3) is 4.23. The molecule has 8 heteroatoms. The number of hydrogen-bond donors (Lipinski definition) is 4. The molecule has 0 atom stereocenters. The summed E-state index contributed by atoms with van der Waals surface area (Å²) < 4.78 is 0. The zero-order valence-electron chi connectivity index (χ0n) is 13.2. The number of aromatic nitrogens is 2. The van der Waals surface area contributed by atoms with Gasteiger partial charge in [-0.1, -0.05) is 35.3 Å². The molecular weight excluding hydrogens is 361 g/mol. The molecule has 25 heavy (non-hydrogen) atoms. The summed E-state index contributed by atoms with van der Waals surface area (Å²) in [4.78, 5) is 19.5. The van der Waals surface area contributed by atoms with Crippen LogP contribution < -0.4 is 16.0 Å². The second-order valence-electron chi connectivity index (χ2n) is 5.18. The van der Waals surface area contributed by atoms with Crippen molar-refractivity contribution in [3.63, 3.8) is 0 Å². The molecule has 0 radical (unpaired) electrons. The van der Waals surface area contributed by atoms with E-state index in [0.717, 1.165) is 11.3 Å². The summed E-state index contributed by atoms with van der Waals surface area (Å²) in [6.45, 7) is 0. The number of carbonyl (C=O) groups is 1. The number of anilines is 3. The first kappa shape index (κ1) is 17.1. The molecule has 2 aromatic carbocycles. The average Bonchev–Trinajstić information content (AvgIpc) is 3.07. The van der Waals surface area contributed by atoms with Gasteiger partial charge in [-0.25, -0.2) is 9.78 Å². The Labute approximate surface area is 154 Å². The van der Waals surface area contributed by atoms with Crippen LogP contribution in [0.5, 0.6) is 0 Å². The molecule has 0 aliphatic carbocycles. The van der Waals surface area contributed by atoms with Gasteiger partial charge in [0, 0.05) is 24.0 Å². The summed E-state index contributed by atoms with van der Waals surface area (Å²) >= 11 is 11.8. The molecule has 0 spiro atoms. The number of halogens is 2. The third-order valence-corrected chi connectivity index (χ3v) is 4.16. The molecule has 1 heterocycles. The summed E-state index contributed by atoms with van der Waals surface area (Å²) in [5.74, 6) is 0.672. The molecule has 2 amide bonds. The number of nitrogens with one attached hydrogen (secondary N) is 4. The highest BCUT2D eigenvalue weighted by Gasteiger charge is 2.07. The normalized spacial score (nSPS) is 10.4. The van der Waals surface area contributed by atoms with E-state index in [9.17, 15) is 4.79 Å². The lowest BCUT2D eigenvalue weighted by Crippen LogP contribution is -2.19. The average molecular weight is 376 g/mol. The van der Waals surface area contributed by atoms with Crippen LogP contribution >= 0.6 is 23.2 Å². The minimum absolute atomic E-state index is 0.376. The largest absolute Gasteiger partial charge is 0.359 e.